The predicted molar refractivity (Wildman–Crippen MR) is 88.4 cm³/mol. The molecule has 2 aromatic carbocycles. The van der Waals surface area contributed by atoms with Crippen molar-refractivity contribution in [2.45, 2.75) is 13.3 Å². The van der Waals surface area contributed by atoms with Crippen molar-refractivity contribution in [2.75, 3.05) is 12.4 Å². The first-order valence-electron chi connectivity index (χ1n) is 7.17. The number of hydrogen-bond acceptors (Lipinski definition) is 2. The number of rotatable bonds is 4. The second-order valence-electron chi connectivity index (χ2n) is 5.27. The molecule has 3 aromatic rings. The van der Waals surface area contributed by atoms with Crippen molar-refractivity contribution in [3.63, 3.8) is 0 Å². The molecule has 0 radical (unpaired) electrons. The van der Waals surface area contributed by atoms with Crippen LogP contribution in [0.3, 0.4) is 0 Å². The zero-order valence-electron chi connectivity index (χ0n) is 12.6. The molecule has 3 rings (SSSR count). The Morgan fingerprint density at radius 1 is 1.23 bits per heavy atom. The first-order chi connectivity index (χ1) is 10.7. The van der Waals surface area contributed by atoms with E-state index in [0.717, 1.165) is 33.5 Å². The van der Waals surface area contributed by atoms with Gasteiger partial charge in [0.1, 0.15) is 5.75 Å². The van der Waals surface area contributed by atoms with Gasteiger partial charge in [-0.3, -0.25) is 4.79 Å². The fourth-order valence-electron chi connectivity index (χ4n) is 2.52. The van der Waals surface area contributed by atoms with Crippen molar-refractivity contribution in [3.8, 4) is 5.75 Å². The average molecular weight is 294 g/mol. The third-order valence-electron chi connectivity index (χ3n) is 3.74. The van der Waals surface area contributed by atoms with Crippen molar-refractivity contribution >= 4 is 22.5 Å². The molecule has 2 N–H and O–H groups in total. The van der Waals surface area contributed by atoms with Gasteiger partial charge in [0.2, 0.25) is 5.91 Å². The fraction of sp³-hybridized carbons (Fsp3) is 0.167. The number of H-pyrrole nitrogens is 1. The molecule has 4 nitrogen and oxygen atoms in total. The Kier molecular flexibility index (Phi) is 3.83. The van der Waals surface area contributed by atoms with Crippen molar-refractivity contribution in [2.24, 2.45) is 0 Å². The highest BCUT2D eigenvalue weighted by atomic mass is 16.5. The molecule has 0 aliphatic rings. The van der Waals surface area contributed by atoms with Gasteiger partial charge in [-0.05, 0) is 36.2 Å². The van der Waals surface area contributed by atoms with E-state index in [1.807, 2.05) is 55.6 Å². The number of hydrogen-bond donors (Lipinski definition) is 2. The van der Waals surface area contributed by atoms with Crippen LogP contribution in [0.2, 0.25) is 0 Å². The minimum absolute atomic E-state index is 0.0222. The van der Waals surface area contributed by atoms with Gasteiger partial charge in [-0.2, -0.15) is 0 Å². The summed E-state index contributed by atoms with van der Waals surface area (Å²) in [5.41, 5.74) is 3.86. The molecule has 1 amide bonds. The predicted octanol–water partition coefficient (Wildman–Crippen LogP) is 3.67. The normalized spacial score (nSPS) is 10.6. The largest absolute Gasteiger partial charge is 0.497 e. The molecule has 0 bridgehead atoms. The molecule has 0 atom stereocenters. The van der Waals surface area contributed by atoms with E-state index in [9.17, 15) is 4.79 Å². The molecule has 0 unspecified atom stereocenters. The zero-order valence-corrected chi connectivity index (χ0v) is 12.6. The van der Waals surface area contributed by atoms with Crippen molar-refractivity contribution in [1.29, 1.82) is 0 Å². The first kappa shape index (κ1) is 14.2. The number of nitrogens with one attached hydrogen (secondary N) is 2. The van der Waals surface area contributed by atoms with Gasteiger partial charge < -0.3 is 15.0 Å². The number of amides is 1. The van der Waals surface area contributed by atoms with E-state index < -0.39 is 0 Å². The van der Waals surface area contributed by atoms with Crippen LogP contribution in [0, 0.1) is 6.92 Å². The van der Waals surface area contributed by atoms with Gasteiger partial charge in [0.25, 0.3) is 0 Å². The number of para-hydroxylation sites is 1. The second-order valence-corrected chi connectivity index (χ2v) is 5.27. The molecule has 0 aliphatic carbocycles. The summed E-state index contributed by atoms with van der Waals surface area (Å²) < 4.78 is 5.21. The summed E-state index contributed by atoms with van der Waals surface area (Å²) in [6.07, 6.45) is 2.21. The van der Waals surface area contributed by atoms with Crippen LogP contribution < -0.4 is 10.1 Å². The quantitative estimate of drug-likeness (QED) is 0.771. The van der Waals surface area contributed by atoms with Crippen molar-refractivity contribution in [1.82, 2.24) is 4.98 Å². The van der Waals surface area contributed by atoms with E-state index in [0.29, 0.717) is 6.42 Å². The minimum atomic E-state index is -0.0222. The summed E-state index contributed by atoms with van der Waals surface area (Å²) in [5, 5.41) is 4.00. The van der Waals surface area contributed by atoms with Crippen molar-refractivity contribution < 1.29 is 9.53 Å². The first-order valence-corrected chi connectivity index (χ1v) is 7.17. The average Bonchev–Trinajstić information content (AvgIpc) is 2.91. The van der Waals surface area contributed by atoms with Crippen molar-refractivity contribution in [3.05, 3.63) is 59.8 Å². The Hall–Kier alpha value is -2.75. The van der Waals surface area contributed by atoms with Crippen LogP contribution in [0.1, 0.15) is 11.1 Å². The lowest BCUT2D eigenvalue weighted by atomic mass is 10.1. The van der Waals surface area contributed by atoms with Gasteiger partial charge in [0, 0.05) is 28.9 Å². The van der Waals surface area contributed by atoms with Crippen LogP contribution in [-0.2, 0) is 11.2 Å². The minimum Gasteiger partial charge on any atom is -0.497 e. The van der Waals surface area contributed by atoms with E-state index in [2.05, 4.69) is 10.3 Å². The van der Waals surface area contributed by atoms with Crippen LogP contribution in [0.25, 0.3) is 10.9 Å². The molecule has 0 aliphatic heterocycles. The van der Waals surface area contributed by atoms with Gasteiger partial charge in [0.05, 0.1) is 13.5 Å². The molecule has 0 fully saturated rings. The SMILES string of the molecule is COc1ccc2c(CC(=O)Nc3ccccc3C)c[nH]c2c1. The van der Waals surface area contributed by atoms with Gasteiger partial charge in [-0.15, -0.1) is 0 Å². The van der Waals surface area contributed by atoms with E-state index in [1.165, 1.54) is 0 Å². The summed E-state index contributed by atoms with van der Waals surface area (Å²) in [4.78, 5) is 15.4. The van der Waals surface area contributed by atoms with Gasteiger partial charge in [-0.1, -0.05) is 18.2 Å². The molecule has 0 saturated heterocycles. The number of carbonyl (C=O) groups excluding carboxylic acids is 1. The Morgan fingerprint density at radius 3 is 2.82 bits per heavy atom. The van der Waals surface area contributed by atoms with E-state index >= 15 is 0 Å². The monoisotopic (exact) mass is 294 g/mol. The topological polar surface area (TPSA) is 54.1 Å². The summed E-state index contributed by atoms with van der Waals surface area (Å²) in [6, 6.07) is 13.6. The third-order valence-corrected chi connectivity index (χ3v) is 3.74. The third kappa shape index (κ3) is 2.81. The van der Waals surface area contributed by atoms with Crippen LogP contribution in [0.4, 0.5) is 5.69 Å². The van der Waals surface area contributed by atoms with Crippen LogP contribution in [-0.4, -0.2) is 18.0 Å². The molecule has 1 aromatic heterocycles. The summed E-state index contributed by atoms with van der Waals surface area (Å²) >= 11 is 0. The number of ether oxygens (including phenoxy) is 1. The number of aromatic nitrogens is 1. The van der Waals surface area contributed by atoms with Gasteiger partial charge in [0.15, 0.2) is 0 Å². The highest BCUT2D eigenvalue weighted by Crippen LogP contribution is 2.24. The maximum absolute atomic E-state index is 12.2. The molecular formula is C18H18N2O2. The maximum Gasteiger partial charge on any atom is 0.228 e. The highest BCUT2D eigenvalue weighted by molar-refractivity contribution is 5.96. The Labute approximate surface area is 129 Å². The molecule has 112 valence electrons. The molecular weight excluding hydrogens is 276 g/mol. The second kappa shape index (κ2) is 5.93. The summed E-state index contributed by atoms with van der Waals surface area (Å²) in [6.45, 7) is 1.98. The number of aryl methyl sites for hydroxylation is 1. The number of aromatic amines is 1. The number of fused-ring (bicyclic) bond motifs is 1. The van der Waals surface area contributed by atoms with Crippen LogP contribution >= 0.6 is 0 Å². The van der Waals surface area contributed by atoms with Gasteiger partial charge >= 0.3 is 0 Å². The van der Waals surface area contributed by atoms with E-state index in [4.69, 9.17) is 4.74 Å². The maximum atomic E-state index is 12.2. The number of carbonyl (C=O) groups is 1. The molecule has 22 heavy (non-hydrogen) atoms. The Morgan fingerprint density at radius 2 is 2.05 bits per heavy atom. The number of benzene rings is 2. The highest BCUT2D eigenvalue weighted by Gasteiger charge is 2.10. The Bertz CT molecular complexity index is 821. The smallest absolute Gasteiger partial charge is 0.228 e. The van der Waals surface area contributed by atoms with E-state index in [1.54, 1.807) is 7.11 Å². The molecule has 4 heteroatoms. The van der Waals surface area contributed by atoms with Crippen LogP contribution in [0.5, 0.6) is 5.75 Å². The summed E-state index contributed by atoms with van der Waals surface area (Å²) in [5.74, 6) is 0.774. The fourth-order valence-corrected chi connectivity index (χ4v) is 2.52. The standard InChI is InChI=1S/C18H18N2O2/c1-12-5-3-4-6-16(12)20-18(21)9-13-11-19-17-10-14(22-2)7-8-15(13)17/h3-8,10-11,19H,9H2,1-2H3,(H,20,21). The molecule has 0 saturated carbocycles. The lowest BCUT2D eigenvalue weighted by molar-refractivity contribution is -0.115. The lowest BCUT2D eigenvalue weighted by Gasteiger charge is -2.07. The molecule has 0 spiro atoms. The number of methoxy groups -OCH3 is 1. The Balaban J connectivity index is 1.78. The lowest BCUT2D eigenvalue weighted by Crippen LogP contribution is -2.14. The molecule has 1 heterocycles. The van der Waals surface area contributed by atoms with E-state index in [-0.39, 0.29) is 5.91 Å². The number of anilines is 1. The van der Waals surface area contributed by atoms with Gasteiger partial charge in [-0.25, -0.2) is 0 Å². The zero-order chi connectivity index (χ0) is 15.5. The van der Waals surface area contributed by atoms with Crippen LogP contribution in [0.15, 0.2) is 48.7 Å². The summed E-state index contributed by atoms with van der Waals surface area (Å²) in [7, 11) is 1.64.